The molecule has 1 aliphatic heterocycles. The van der Waals surface area contributed by atoms with Crippen LogP contribution in [0, 0.1) is 38.0 Å². The van der Waals surface area contributed by atoms with E-state index in [1.54, 1.807) is 0 Å². The number of fused-ring (bicyclic) bond motifs is 1. The van der Waals surface area contributed by atoms with E-state index in [9.17, 15) is 27.4 Å². The zero-order chi connectivity index (χ0) is 30.1. The highest BCUT2D eigenvalue weighted by Crippen LogP contribution is 2.59. The third-order valence-corrected chi connectivity index (χ3v) is 15.8. The topological polar surface area (TPSA) is 133 Å². The Morgan fingerprint density at radius 1 is 0.952 bits per heavy atom. The van der Waals surface area contributed by atoms with Gasteiger partial charge in [0.2, 0.25) is 0 Å². The number of carbonyl (C=O) groups is 3. The average Bonchev–Trinajstić information content (AvgIpc) is 3.56. The van der Waals surface area contributed by atoms with Crippen molar-refractivity contribution in [3.05, 3.63) is 49.7 Å². The highest BCUT2D eigenvalue weighted by Gasteiger charge is 2.70. The summed E-state index contributed by atoms with van der Waals surface area (Å²) in [6, 6.07) is 6.03. The van der Waals surface area contributed by atoms with Crippen LogP contribution in [0.25, 0.3) is 0 Å². The van der Waals surface area contributed by atoms with Gasteiger partial charge in [-0.15, -0.1) is 0 Å². The molecule has 2 aromatic rings. The molecule has 1 saturated heterocycles. The molecule has 224 valence electrons. The summed E-state index contributed by atoms with van der Waals surface area (Å²) in [5.41, 5.74) is 0.872. The lowest BCUT2D eigenvalue weighted by atomic mass is 9.78. The standard InChI is InChI=1S/C28H24I4O9S/c29-16-10-17(30)22(31)23(32)21(16)28(35)41-25-14-9-15-20(27(34)40-24(15)25)19(14)26(33)39-12-6-7-18(42(36,37)38)13(8-12)11-4-2-1-3-5-11/h6-8,10-11,14-15,19-20,24-25H,1-5,9H2,(H,36,37,38). The predicted octanol–water partition coefficient (Wildman–Crippen LogP) is 6.34. The molecule has 14 heteroatoms. The van der Waals surface area contributed by atoms with Crippen molar-refractivity contribution in [2.45, 2.75) is 61.5 Å². The molecule has 9 nitrogen and oxygen atoms in total. The molecule has 0 aromatic heterocycles. The van der Waals surface area contributed by atoms with Gasteiger partial charge in [-0.2, -0.15) is 8.42 Å². The minimum Gasteiger partial charge on any atom is -0.458 e. The number of hydrogen-bond donors (Lipinski definition) is 1. The second-order valence-electron chi connectivity index (χ2n) is 11.2. The van der Waals surface area contributed by atoms with Crippen LogP contribution in [0.3, 0.4) is 0 Å². The first-order valence-corrected chi connectivity index (χ1v) is 19.2. The van der Waals surface area contributed by atoms with Gasteiger partial charge in [-0.05, 0) is 145 Å². The van der Waals surface area contributed by atoms with E-state index < -0.39 is 58.0 Å². The molecule has 2 aromatic carbocycles. The average molecular weight is 1040 g/mol. The van der Waals surface area contributed by atoms with E-state index in [0.717, 1.165) is 46.4 Å². The van der Waals surface area contributed by atoms with Crippen molar-refractivity contribution >= 4 is 118 Å². The largest absolute Gasteiger partial charge is 0.458 e. The molecule has 1 heterocycles. The Labute approximate surface area is 297 Å². The van der Waals surface area contributed by atoms with Crippen LogP contribution >= 0.6 is 90.4 Å². The van der Waals surface area contributed by atoms with Crippen LogP contribution in [0.2, 0.25) is 0 Å². The lowest BCUT2D eigenvalue weighted by molar-refractivity contribution is -0.149. The van der Waals surface area contributed by atoms with Crippen molar-refractivity contribution in [1.82, 2.24) is 0 Å². The SMILES string of the molecule is O=C(OC1C2CC3C1OC(=O)C3C2C(=O)Oc1ccc(S(=O)(=O)O)c(C2CCCCC2)c1)c1c(I)cc(I)c(I)c1I. The van der Waals surface area contributed by atoms with E-state index in [0.29, 0.717) is 17.5 Å². The molecule has 6 atom stereocenters. The van der Waals surface area contributed by atoms with Crippen LogP contribution in [-0.2, 0) is 29.2 Å². The zero-order valence-corrected chi connectivity index (χ0v) is 31.2. The lowest BCUT2D eigenvalue weighted by Crippen LogP contribution is -2.44. The van der Waals surface area contributed by atoms with Gasteiger partial charge in [0.25, 0.3) is 10.1 Å². The maximum atomic E-state index is 13.7. The molecule has 0 radical (unpaired) electrons. The predicted molar refractivity (Wildman–Crippen MR) is 183 cm³/mol. The smallest absolute Gasteiger partial charge is 0.340 e. The molecule has 2 bridgehead atoms. The van der Waals surface area contributed by atoms with Crippen LogP contribution < -0.4 is 4.74 Å². The monoisotopic (exact) mass is 1040 g/mol. The summed E-state index contributed by atoms with van der Waals surface area (Å²) >= 11 is 8.64. The third-order valence-electron chi connectivity index (χ3n) is 8.90. The van der Waals surface area contributed by atoms with Crippen molar-refractivity contribution in [1.29, 1.82) is 0 Å². The van der Waals surface area contributed by atoms with Gasteiger partial charge >= 0.3 is 17.9 Å². The van der Waals surface area contributed by atoms with E-state index in [1.807, 2.05) is 6.07 Å². The summed E-state index contributed by atoms with van der Waals surface area (Å²) in [5.74, 6) is -3.87. The van der Waals surface area contributed by atoms with Crippen molar-refractivity contribution < 1.29 is 41.6 Å². The molecule has 0 amide bonds. The van der Waals surface area contributed by atoms with Gasteiger partial charge in [-0.1, -0.05) is 19.3 Å². The molecular weight excluding hydrogens is 1020 g/mol. The fraction of sp³-hybridized carbons (Fsp3) is 0.464. The Morgan fingerprint density at radius 3 is 2.36 bits per heavy atom. The molecule has 0 spiro atoms. The first-order chi connectivity index (χ1) is 19.9. The highest BCUT2D eigenvalue weighted by molar-refractivity contribution is 14.1. The lowest BCUT2D eigenvalue weighted by Gasteiger charge is -2.30. The number of benzene rings is 2. The van der Waals surface area contributed by atoms with Crippen molar-refractivity contribution in [3.63, 3.8) is 0 Å². The number of halogens is 4. The Kier molecular flexibility index (Phi) is 9.14. The van der Waals surface area contributed by atoms with E-state index in [-0.39, 0.29) is 22.5 Å². The second kappa shape index (κ2) is 12.1. The van der Waals surface area contributed by atoms with Gasteiger partial charge in [0, 0.05) is 26.1 Å². The maximum absolute atomic E-state index is 13.7. The van der Waals surface area contributed by atoms with Crippen LogP contribution in [0.15, 0.2) is 29.2 Å². The van der Waals surface area contributed by atoms with Gasteiger partial charge in [0.15, 0.2) is 0 Å². The molecule has 6 unspecified atom stereocenters. The number of carbonyl (C=O) groups excluding carboxylic acids is 3. The number of rotatable bonds is 6. The second-order valence-corrected chi connectivity index (χ2v) is 17.0. The van der Waals surface area contributed by atoms with Gasteiger partial charge < -0.3 is 14.2 Å². The van der Waals surface area contributed by atoms with Crippen LogP contribution in [0.5, 0.6) is 5.75 Å². The molecule has 6 rings (SSSR count). The summed E-state index contributed by atoms with van der Waals surface area (Å²) in [4.78, 5) is 39.8. The van der Waals surface area contributed by atoms with Gasteiger partial charge in [0.05, 0.1) is 22.3 Å². The van der Waals surface area contributed by atoms with E-state index >= 15 is 0 Å². The molecule has 3 saturated carbocycles. The highest BCUT2D eigenvalue weighted by atomic mass is 127. The Hall–Kier alpha value is -0.320. The summed E-state index contributed by atoms with van der Waals surface area (Å²) in [7, 11) is -4.47. The molecule has 1 N–H and O–H groups in total. The first kappa shape index (κ1) is 31.7. The summed E-state index contributed by atoms with van der Waals surface area (Å²) in [6.07, 6.45) is 3.58. The first-order valence-electron chi connectivity index (χ1n) is 13.4. The van der Waals surface area contributed by atoms with Crippen molar-refractivity contribution in [3.8, 4) is 5.75 Å². The fourth-order valence-electron chi connectivity index (χ4n) is 7.15. The van der Waals surface area contributed by atoms with Gasteiger partial charge in [-0.3, -0.25) is 14.1 Å². The number of hydrogen-bond acceptors (Lipinski definition) is 8. The number of esters is 3. The normalized spacial score (nSPS) is 28.5. The van der Waals surface area contributed by atoms with Crippen LogP contribution in [0.1, 0.15) is 60.4 Å². The van der Waals surface area contributed by atoms with Crippen molar-refractivity contribution in [2.75, 3.05) is 0 Å². The Bertz CT molecular complexity index is 1600. The number of ether oxygens (including phenoxy) is 3. The molecule has 42 heavy (non-hydrogen) atoms. The van der Waals surface area contributed by atoms with E-state index in [4.69, 9.17) is 14.2 Å². The minimum atomic E-state index is -4.47. The Balaban J connectivity index is 1.26. The molecule has 4 aliphatic rings. The fourth-order valence-corrected chi connectivity index (χ4v) is 12.1. The van der Waals surface area contributed by atoms with E-state index in [1.165, 1.54) is 18.2 Å². The molecule has 3 aliphatic carbocycles. The molecule has 4 fully saturated rings. The zero-order valence-electron chi connectivity index (χ0n) is 21.7. The quantitative estimate of drug-likeness (QED) is 0.0880. The Morgan fingerprint density at radius 2 is 1.67 bits per heavy atom. The minimum absolute atomic E-state index is 0.0823. The maximum Gasteiger partial charge on any atom is 0.340 e. The van der Waals surface area contributed by atoms with E-state index in [2.05, 4.69) is 90.4 Å². The summed E-state index contributed by atoms with van der Waals surface area (Å²) < 4.78 is 55.0. The van der Waals surface area contributed by atoms with Crippen LogP contribution in [0.4, 0.5) is 0 Å². The molecular formula is C28H24I4O9S. The van der Waals surface area contributed by atoms with Gasteiger partial charge in [0.1, 0.15) is 18.0 Å². The van der Waals surface area contributed by atoms with Gasteiger partial charge in [-0.25, -0.2) is 4.79 Å². The summed E-state index contributed by atoms with van der Waals surface area (Å²) in [5, 5.41) is 0. The van der Waals surface area contributed by atoms with Crippen molar-refractivity contribution in [2.24, 2.45) is 23.7 Å². The summed E-state index contributed by atoms with van der Waals surface area (Å²) in [6.45, 7) is 0. The third kappa shape index (κ3) is 5.63. The van der Waals surface area contributed by atoms with Crippen LogP contribution in [-0.4, -0.2) is 43.1 Å².